The third kappa shape index (κ3) is 4.74. The van der Waals surface area contributed by atoms with E-state index in [0.717, 1.165) is 36.3 Å². The highest BCUT2D eigenvalue weighted by Gasteiger charge is 2.28. The van der Waals surface area contributed by atoms with Crippen LogP contribution in [0.15, 0.2) is 67.0 Å². The first-order chi connectivity index (χ1) is 14.2. The lowest BCUT2D eigenvalue weighted by Gasteiger charge is -2.33. The number of ether oxygens (including phenoxy) is 1. The van der Waals surface area contributed by atoms with E-state index in [2.05, 4.69) is 9.97 Å². The zero-order valence-electron chi connectivity index (χ0n) is 16.0. The van der Waals surface area contributed by atoms with E-state index in [4.69, 9.17) is 16.3 Å². The second kappa shape index (κ2) is 9.05. The Morgan fingerprint density at radius 1 is 1.10 bits per heavy atom. The Balaban J connectivity index is 1.48. The van der Waals surface area contributed by atoms with Crippen LogP contribution in [0, 0.1) is 0 Å². The third-order valence-corrected chi connectivity index (χ3v) is 5.33. The lowest BCUT2D eigenvalue weighted by molar-refractivity contribution is -0.134. The summed E-state index contributed by atoms with van der Waals surface area (Å²) in [5.74, 6) is 0.824. The zero-order valence-corrected chi connectivity index (χ0v) is 16.8. The zero-order chi connectivity index (χ0) is 20.1. The van der Waals surface area contributed by atoms with Crippen molar-refractivity contribution >= 4 is 17.5 Å². The number of carbonyl (C=O) groups excluding carboxylic acids is 1. The molecule has 2 heterocycles. The molecule has 0 bridgehead atoms. The number of carbonyl (C=O) groups is 1. The molecule has 1 atom stereocenters. The van der Waals surface area contributed by atoms with Crippen LogP contribution in [-0.2, 0) is 4.79 Å². The van der Waals surface area contributed by atoms with Crippen molar-refractivity contribution in [3.05, 3.63) is 77.7 Å². The summed E-state index contributed by atoms with van der Waals surface area (Å²) in [6.45, 7) is 1.39. The van der Waals surface area contributed by atoms with Crippen LogP contribution in [-0.4, -0.2) is 40.5 Å². The monoisotopic (exact) mass is 407 g/mol. The second-order valence-electron chi connectivity index (χ2n) is 7.08. The van der Waals surface area contributed by atoms with E-state index >= 15 is 0 Å². The Labute approximate surface area is 175 Å². The molecule has 6 heteroatoms. The number of likely N-dealkylation sites (tertiary alicyclic amines) is 1. The van der Waals surface area contributed by atoms with Gasteiger partial charge in [-0.25, -0.2) is 0 Å². The van der Waals surface area contributed by atoms with Gasteiger partial charge in [-0.1, -0.05) is 41.9 Å². The van der Waals surface area contributed by atoms with Crippen molar-refractivity contribution < 1.29 is 9.53 Å². The van der Waals surface area contributed by atoms with E-state index < -0.39 is 0 Å². The van der Waals surface area contributed by atoms with Gasteiger partial charge in [-0.05, 0) is 37.1 Å². The van der Waals surface area contributed by atoms with Crippen molar-refractivity contribution in [3.63, 3.8) is 0 Å². The van der Waals surface area contributed by atoms with Crippen molar-refractivity contribution in [2.24, 2.45) is 0 Å². The summed E-state index contributed by atoms with van der Waals surface area (Å²) in [6, 6.07) is 17.0. The SMILES string of the molecule is O=C(COc1ccccc1)N1CCCC(c2nccnc2-c2cccc(Cl)c2)C1. The third-order valence-electron chi connectivity index (χ3n) is 5.09. The molecule has 0 N–H and O–H groups in total. The van der Waals surface area contributed by atoms with Crippen LogP contribution in [0.4, 0.5) is 0 Å². The molecule has 5 nitrogen and oxygen atoms in total. The van der Waals surface area contributed by atoms with Gasteiger partial charge in [0.15, 0.2) is 6.61 Å². The van der Waals surface area contributed by atoms with Gasteiger partial charge in [-0.15, -0.1) is 0 Å². The average Bonchev–Trinajstić information content (AvgIpc) is 2.78. The number of para-hydroxylation sites is 1. The van der Waals surface area contributed by atoms with Gasteiger partial charge in [-0.3, -0.25) is 14.8 Å². The van der Waals surface area contributed by atoms with E-state index in [1.165, 1.54) is 0 Å². The Morgan fingerprint density at radius 3 is 2.76 bits per heavy atom. The molecule has 1 fully saturated rings. The maximum atomic E-state index is 12.7. The molecule has 1 aliphatic rings. The first-order valence-electron chi connectivity index (χ1n) is 9.73. The van der Waals surface area contributed by atoms with Gasteiger partial charge in [0.2, 0.25) is 0 Å². The fraction of sp³-hybridized carbons (Fsp3) is 0.261. The number of hydrogen-bond acceptors (Lipinski definition) is 4. The maximum absolute atomic E-state index is 12.7. The molecule has 3 aromatic rings. The number of halogens is 1. The normalized spacial score (nSPS) is 16.4. The molecule has 29 heavy (non-hydrogen) atoms. The number of rotatable bonds is 5. The molecule has 1 saturated heterocycles. The number of hydrogen-bond donors (Lipinski definition) is 0. The van der Waals surface area contributed by atoms with E-state index in [-0.39, 0.29) is 18.4 Å². The molecule has 148 valence electrons. The number of amides is 1. The summed E-state index contributed by atoms with van der Waals surface area (Å²) in [6.07, 6.45) is 5.30. The smallest absolute Gasteiger partial charge is 0.260 e. The minimum absolute atomic E-state index is 0.00764. The first kappa shape index (κ1) is 19.4. The number of aromatic nitrogens is 2. The second-order valence-corrected chi connectivity index (χ2v) is 7.52. The van der Waals surface area contributed by atoms with Gasteiger partial charge in [0.25, 0.3) is 5.91 Å². The molecule has 0 radical (unpaired) electrons. The standard InChI is InChI=1S/C23H22ClN3O2/c24-19-8-4-6-17(14-19)22-23(26-12-11-25-22)18-7-5-13-27(15-18)21(28)16-29-20-9-2-1-3-10-20/h1-4,6,8-12,14,18H,5,7,13,15-16H2. The van der Waals surface area contributed by atoms with Crippen LogP contribution in [0.3, 0.4) is 0 Å². The Kier molecular flexibility index (Phi) is 6.06. The highest BCUT2D eigenvalue weighted by atomic mass is 35.5. The predicted octanol–water partition coefficient (Wildman–Crippen LogP) is 4.58. The van der Waals surface area contributed by atoms with Crippen LogP contribution < -0.4 is 4.74 Å². The predicted molar refractivity (Wildman–Crippen MR) is 113 cm³/mol. The molecule has 1 aromatic heterocycles. The lowest BCUT2D eigenvalue weighted by atomic mass is 9.91. The van der Waals surface area contributed by atoms with Crippen LogP contribution >= 0.6 is 11.6 Å². The largest absolute Gasteiger partial charge is 0.484 e. The summed E-state index contributed by atoms with van der Waals surface area (Å²) < 4.78 is 5.63. The highest BCUT2D eigenvalue weighted by molar-refractivity contribution is 6.30. The van der Waals surface area contributed by atoms with Gasteiger partial charge in [0.05, 0.1) is 11.4 Å². The van der Waals surface area contributed by atoms with Crippen molar-refractivity contribution in [2.45, 2.75) is 18.8 Å². The van der Waals surface area contributed by atoms with Crippen LogP contribution in [0.5, 0.6) is 5.75 Å². The van der Waals surface area contributed by atoms with Crippen molar-refractivity contribution in [2.75, 3.05) is 19.7 Å². The Hall–Kier alpha value is -2.92. The van der Waals surface area contributed by atoms with Crippen LogP contribution in [0.25, 0.3) is 11.3 Å². The summed E-state index contributed by atoms with van der Waals surface area (Å²) in [5.41, 5.74) is 2.68. The lowest BCUT2D eigenvalue weighted by Crippen LogP contribution is -2.41. The van der Waals surface area contributed by atoms with Gasteiger partial charge < -0.3 is 9.64 Å². The molecule has 1 aliphatic heterocycles. The molecule has 0 aliphatic carbocycles. The maximum Gasteiger partial charge on any atom is 0.260 e. The highest BCUT2D eigenvalue weighted by Crippen LogP contribution is 2.32. The summed E-state index contributed by atoms with van der Waals surface area (Å²) in [4.78, 5) is 23.7. The molecular formula is C23H22ClN3O2. The van der Waals surface area contributed by atoms with Crippen LogP contribution in [0.1, 0.15) is 24.5 Å². The van der Waals surface area contributed by atoms with Gasteiger partial charge >= 0.3 is 0 Å². The summed E-state index contributed by atoms with van der Waals surface area (Å²) >= 11 is 6.17. The van der Waals surface area contributed by atoms with E-state index in [9.17, 15) is 4.79 Å². The number of benzene rings is 2. The molecule has 0 saturated carbocycles. The minimum Gasteiger partial charge on any atom is -0.484 e. The molecule has 1 amide bonds. The van der Waals surface area contributed by atoms with E-state index in [1.807, 2.05) is 59.5 Å². The average molecular weight is 408 g/mol. The molecule has 2 aromatic carbocycles. The molecule has 4 rings (SSSR count). The van der Waals surface area contributed by atoms with Gasteiger partial charge in [0.1, 0.15) is 5.75 Å². The minimum atomic E-state index is -0.00764. The molecular weight excluding hydrogens is 386 g/mol. The van der Waals surface area contributed by atoms with Crippen LogP contribution in [0.2, 0.25) is 5.02 Å². The Morgan fingerprint density at radius 2 is 1.93 bits per heavy atom. The van der Waals surface area contributed by atoms with Crippen molar-refractivity contribution in [1.82, 2.24) is 14.9 Å². The fourth-order valence-corrected chi connectivity index (χ4v) is 3.88. The summed E-state index contributed by atoms with van der Waals surface area (Å²) in [5, 5.41) is 0.664. The quantitative estimate of drug-likeness (QED) is 0.621. The van der Waals surface area contributed by atoms with Crippen molar-refractivity contribution in [1.29, 1.82) is 0 Å². The number of nitrogens with zero attached hydrogens (tertiary/aromatic N) is 3. The summed E-state index contributed by atoms with van der Waals surface area (Å²) in [7, 11) is 0. The number of piperidine rings is 1. The van der Waals surface area contributed by atoms with E-state index in [0.29, 0.717) is 17.3 Å². The molecule has 1 unspecified atom stereocenters. The molecule has 0 spiro atoms. The van der Waals surface area contributed by atoms with Gasteiger partial charge in [-0.2, -0.15) is 0 Å². The topological polar surface area (TPSA) is 55.3 Å². The van der Waals surface area contributed by atoms with E-state index in [1.54, 1.807) is 12.4 Å². The first-order valence-corrected chi connectivity index (χ1v) is 10.1. The Bertz CT molecular complexity index is 981. The van der Waals surface area contributed by atoms with Crippen molar-refractivity contribution in [3.8, 4) is 17.0 Å². The van der Waals surface area contributed by atoms with Gasteiger partial charge in [0, 0.05) is 42.0 Å². The fourth-order valence-electron chi connectivity index (χ4n) is 3.69.